The third-order valence-corrected chi connectivity index (χ3v) is 5.53. The predicted octanol–water partition coefficient (Wildman–Crippen LogP) is 3.33. The normalized spacial score (nSPS) is 32.8. The van der Waals surface area contributed by atoms with Crippen LogP contribution >= 0.6 is 0 Å². The van der Waals surface area contributed by atoms with Crippen LogP contribution in [0.2, 0.25) is 0 Å². The molecule has 5 unspecified atom stereocenters. The van der Waals surface area contributed by atoms with E-state index in [-0.39, 0.29) is 18.7 Å². The Morgan fingerprint density at radius 2 is 1.88 bits per heavy atom. The zero-order chi connectivity index (χ0) is 17.7. The third-order valence-electron chi connectivity index (χ3n) is 5.53. The van der Waals surface area contributed by atoms with Crippen LogP contribution in [0, 0.1) is 29.6 Å². The Hall–Kier alpha value is -1.36. The molecule has 5 heteroatoms. The van der Waals surface area contributed by atoms with Gasteiger partial charge in [0.1, 0.15) is 0 Å². The predicted molar refractivity (Wildman–Crippen MR) is 90.0 cm³/mol. The summed E-state index contributed by atoms with van der Waals surface area (Å²) in [6, 6.07) is 0. The zero-order valence-electron chi connectivity index (χ0n) is 15.1. The average Bonchev–Trinajstić information content (AvgIpc) is 3.13. The molecule has 24 heavy (non-hydrogen) atoms. The van der Waals surface area contributed by atoms with Gasteiger partial charge in [0.25, 0.3) is 0 Å². The van der Waals surface area contributed by atoms with Crippen molar-refractivity contribution in [2.45, 2.75) is 46.0 Å². The molecule has 2 aliphatic rings. The lowest BCUT2D eigenvalue weighted by Crippen LogP contribution is -2.33. The van der Waals surface area contributed by atoms with Crippen molar-refractivity contribution in [1.82, 2.24) is 0 Å². The highest BCUT2D eigenvalue weighted by Crippen LogP contribution is 2.42. The quantitative estimate of drug-likeness (QED) is 0.405. The molecule has 5 nitrogen and oxygen atoms in total. The Balaban J connectivity index is 1.92. The lowest BCUT2D eigenvalue weighted by atomic mass is 9.89. The molecule has 0 aliphatic heterocycles. The van der Waals surface area contributed by atoms with Gasteiger partial charge in [-0.3, -0.25) is 9.59 Å². The number of esters is 2. The van der Waals surface area contributed by atoms with Crippen LogP contribution in [0.3, 0.4) is 0 Å². The van der Waals surface area contributed by atoms with E-state index in [1.54, 1.807) is 0 Å². The molecule has 0 bridgehead atoms. The average molecular weight is 338 g/mol. The Labute approximate surface area is 144 Å². The van der Waals surface area contributed by atoms with Gasteiger partial charge >= 0.3 is 11.9 Å². The molecule has 0 amide bonds. The SMILES string of the molecule is C=C1CC(C)C(C(=O)OCOC)C1C(=O)OCC1CCC(CC)C1. The number of hydrogen-bond acceptors (Lipinski definition) is 5. The highest BCUT2D eigenvalue weighted by Gasteiger charge is 2.47. The first-order valence-electron chi connectivity index (χ1n) is 8.97. The van der Waals surface area contributed by atoms with Crippen molar-refractivity contribution < 1.29 is 23.8 Å². The maximum Gasteiger partial charge on any atom is 0.313 e. The van der Waals surface area contributed by atoms with Gasteiger partial charge in [-0.1, -0.05) is 38.8 Å². The molecule has 0 saturated heterocycles. The molecule has 2 aliphatic carbocycles. The van der Waals surface area contributed by atoms with E-state index in [4.69, 9.17) is 14.2 Å². The van der Waals surface area contributed by atoms with Gasteiger partial charge in [-0.2, -0.15) is 0 Å². The van der Waals surface area contributed by atoms with Gasteiger partial charge in [0.2, 0.25) is 0 Å². The number of rotatable bonds is 7. The maximum atomic E-state index is 12.6. The second-order valence-corrected chi connectivity index (χ2v) is 7.30. The van der Waals surface area contributed by atoms with E-state index in [1.165, 1.54) is 20.0 Å². The van der Waals surface area contributed by atoms with Crippen LogP contribution < -0.4 is 0 Å². The summed E-state index contributed by atoms with van der Waals surface area (Å²) in [5.74, 6) is -0.618. The Kier molecular flexibility index (Phi) is 6.84. The Bertz CT molecular complexity index is 472. The summed E-state index contributed by atoms with van der Waals surface area (Å²) in [5.41, 5.74) is 0.768. The van der Waals surface area contributed by atoms with Gasteiger partial charge in [0.15, 0.2) is 6.79 Å². The van der Waals surface area contributed by atoms with Gasteiger partial charge in [-0.25, -0.2) is 0 Å². The molecular weight excluding hydrogens is 308 g/mol. The molecular formula is C19H30O5. The van der Waals surface area contributed by atoms with Gasteiger partial charge in [0.05, 0.1) is 18.4 Å². The van der Waals surface area contributed by atoms with Gasteiger partial charge < -0.3 is 14.2 Å². The molecule has 2 saturated carbocycles. The standard InChI is InChI=1S/C19H30O5/c1-5-14-6-7-15(9-14)10-23-18(20)16-12(2)8-13(3)17(16)19(21)24-11-22-4/h13-17H,2,5-11H2,1,3-4H3. The number of methoxy groups -OCH3 is 1. The molecule has 0 aromatic heterocycles. The monoisotopic (exact) mass is 338 g/mol. The molecule has 0 aromatic carbocycles. The van der Waals surface area contributed by atoms with Crippen molar-refractivity contribution >= 4 is 11.9 Å². The minimum atomic E-state index is -0.590. The Morgan fingerprint density at radius 1 is 1.17 bits per heavy atom. The zero-order valence-corrected chi connectivity index (χ0v) is 15.1. The van der Waals surface area contributed by atoms with Crippen LogP contribution in [0.15, 0.2) is 12.2 Å². The minimum absolute atomic E-state index is 0.0235. The fraction of sp³-hybridized carbons (Fsp3) is 0.789. The summed E-state index contributed by atoms with van der Waals surface area (Å²) >= 11 is 0. The van der Waals surface area contributed by atoms with E-state index >= 15 is 0 Å². The molecule has 0 aromatic rings. The van der Waals surface area contributed by atoms with Crippen molar-refractivity contribution in [3.05, 3.63) is 12.2 Å². The lowest BCUT2D eigenvalue weighted by Gasteiger charge is -2.21. The summed E-state index contributed by atoms with van der Waals surface area (Å²) < 4.78 is 15.4. The number of hydrogen-bond donors (Lipinski definition) is 0. The fourth-order valence-corrected chi connectivity index (χ4v) is 4.14. The maximum absolute atomic E-state index is 12.6. The summed E-state index contributed by atoms with van der Waals surface area (Å²) in [4.78, 5) is 24.8. The number of carbonyl (C=O) groups excluding carboxylic acids is 2. The largest absolute Gasteiger partial charge is 0.465 e. The molecule has 2 fully saturated rings. The van der Waals surface area contributed by atoms with E-state index in [0.717, 1.165) is 24.3 Å². The summed E-state index contributed by atoms with van der Waals surface area (Å²) in [7, 11) is 1.46. The smallest absolute Gasteiger partial charge is 0.313 e. The molecule has 0 spiro atoms. The Morgan fingerprint density at radius 3 is 2.50 bits per heavy atom. The first-order valence-corrected chi connectivity index (χ1v) is 8.97. The van der Waals surface area contributed by atoms with E-state index in [9.17, 15) is 9.59 Å². The van der Waals surface area contributed by atoms with E-state index < -0.39 is 17.8 Å². The topological polar surface area (TPSA) is 61.8 Å². The van der Waals surface area contributed by atoms with Crippen LogP contribution in [0.1, 0.15) is 46.0 Å². The summed E-state index contributed by atoms with van der Waals surface area (Å²) in [6.07, 6.45) is 5.30. The second-order valence-electron chi connectivity index (χ2n) is 7.30. The van der Waals surface area contributed by atoms with Crippen molar-refractivity contribution in [3.63, 3.8) is 0 Å². The van der Waals surface area contributed by atoms with E-state index in [1.807, 2.05) is 6.92 Å². The van der Waals surface area contributed by atoms with Gasteiger partial charge in [0, 0.05) is 7.11 Å². The molecule has 136 valence electrons. The minimum Gasteiger partial charge on any atom is -0.465 e. The molecule has 0 heterocycles. The lowest BCUT2D eigenvalue weighted by molar-refractivity contribution is -0.167. The van der Waals surface area contributed by atoms with Crippen LogP contribution in [0.4, 0.5) is 0 Å². The van der Waals surface area contributed by atoms with Crippen LogP contribution in [0.5, 0.6) is 0 Å². The molecule has 2 rings (SSSR count). The first kappa shape index (κ1) is 19.0. The van der Waals surface area contributed by atoms with Crippen LogP contribution in [-0.4, -0.2) is 32.4 Å². The van der Waals surface area contributed by atoms with Gasteiger partial charge in [-0.05, 0) is 37.0 Å². The van der Waals surface area contributed by atoms with Crippen molar-refractivity contribution in [3.8, 4) is 0 Å². The third kappa shape index (κ3) is 4.38. The highest BCUT2D eigenvalue weighted by molar-refractivity contribution is 5.85. The number of carbonyl (C=O) groups is 2. The van der Waals surface area contributed by atoms with Crippen LogP contribution in [-0.2, 0) is 23.8 Å². The van der Waals surface area contributed by atoms with Crippen molar-refractivity contribution in [2.24, 2.45) is 29.6 Å². The van der Waals surface area contributed by atoms with Crippen molar-refractivity contribution in [1.29, 1.82) is 0 Å². The second kappa shape index (κ2) is 8.65. The van der Waals surface area contributed by atoms with E-state index in [0.29, 0.717) is 18.9 Å². The van der Waals surface area contributed by atoms with Gasteiger partial charge in [-0.15, -0.1) is 0 Å². The fourth-order valence-electron chi connectivity index (χ4n) is 4.14. The van der Waals surface area contributed by atoms with E-state index in [2.05, 4.69) is 13.5 Å². The summed E-state index contributed by atoms with van der Waals surface area (Å²) in [6.45, 7) is 8.49. The number of ether oxygens (including phenoxy) is 3. The highest BCUT2D eigenvalue weighted by atomic mass is 16.7. The molecule has 0 radical (unpaired) electrons. The molecule has 0 N–H and O–H groups in total. The summed E-state index contributed by atoms with van der Waals surface area (Å²) in [5, 5.41) is 0. The first-order chi connectivity index (χ1) is 11.5. The molecule has 5 atom stereocenters. The van der Waals surface area contributed by atoms with Crippen molar-refractivity contribution in [2.75, 3.05) is 20.5 Å². The van der Waals surface area contributed by atoms with Crippen LogP contribution in [0.25, 0.3) is 0 Å².